The highest BCUT2D eigenvalue weighted by Gasteiger charge is 2.37. The zero-order chi connectivity index (χ0) is 15.7. The van der Waals surface area contributed by atoms with E-state index in [-0.39, 0.29) is 6.15 Å². The molecule has 0 unspecified atom stereocenters. The Morgan fingerprint density at radius 2 is 1.32 bits per heavy atom. The van der Waals surface area contributed by atoms with Gasteiger partial charge in [-0.05, 0) is 51.9 Å². The lowest BCUT2D eigenvalue weighted by molar-refractivity contribution is -0.191. The Kier molecular flexibility index (Phi) is 10.1. The molecule has 19 heavy (non-hydrogen) atoms. The van der Waals surface area contributed by atoms with Crippen molar-refractivity contribution in [2.75, 3.05) is 0 Å². The Bertz CT molecular complexity index is 279. The van der Waals surface area contributed by atoms with Crippen LogP contribution in [0.2, 0.25) is 51.9 Å². The van der Waals surface area contributed by atoms with Crippen LogP contribution in [-0.4, -0.2) is 31.3 Å². The molecule has 0 amide bonds. The fourth-order valence-electron chi connectivity index (χ4n) is 2.08. The maximum Gasteiger partial charge on any atom is 0.373 e. The van der Waals surface area contributed by atoms with Gasteiger partial charge in [0.1, 0.15) is 0 Å². The highest BCUT2D eigenvalue weighted by Crippen LogP contribution is 2.23. The quantitative estimate of drug-likeness (QED) is 0.665. The molecule has 0 atom stereocenters. The molecule has 0 bridgehead atoms. The number of hydrogen-bond acceptors (Lipinski definition) is 4. The van der Waals surface area contributed by atoms with Gasteiger partial charge in [0.2, 0.25) is 0 Å². The molecule has 0 aliphatic rings. The van der Waals surface area contributed by atoms with Crippen molar-refractivity contribution in [1.82, 2.24) is 0 Å². The molecule has 0 saturated carbocycles. The summed E-state index contributed by atoms with van der Waals surface area (Å²) in [6.07, 6.45) is 2.80. The summed E-state index contributed by atoms with van der Waals surface area (Å²) in [5.74, 6) is 0. The average Bonchev–Trinajstić information content (AvgIpc) is 2.10. The summed E-state index contributed by atoms with van der Waals surface area (Å²) >= 11 is 0. The number of unbranched alkanes of at least 4 members (excludes halogenated alkanes) is 1. The Labute approximate surface area is 121 Å². The molecular weight excluding hydrogens is 292 g/mol. The molecule has 7 heteroatoms. The van der Waals surface area contributed by atoms with Gasteiger partial charge in [-0.2, -0.15) is 9.59 Å². The Morgan fingerprint density at radius 3 is 1.63 bits per heavy atom. The van der Waals surface area contributed by atoms with Gasteiger partial charge in [0.15, 0.2) is 16.6 Å². The first-order valence-corrected chi connectivity index (χ1v) is 16.1. The summed E-state index contributed by atoms with van der Waals surface area (Å²) in [5, 5.41) is 0. The maximum absolute atomic E-state index is 8.12. The largest absolute Gasteiger partial charge is 0.437 e. The van der Waals surface area contributed by atoms with Crippen molar-refractivity contribution in [3.63, 3.8) is 0 Å². The number of rotatable bonds is 7. The van der Waals surface area contributed by atoms with Gasteiger partial charge in [0, 0.05) is 0 Å². The van der Waals surface area contributed by atoms with Crippen LogP contribution in [0.5, 0.6) is 0 Å². The molecular formula is C12H30O4Si3. The van der Waals surface area contributed by atoms with E-state index in [9.17, 15) is 0 Å². The first-order valence-electron chi connectivity index (χ1n) is 6.79. The molecule has 0 N–H and O–H groups in total. The summed E-state index contributed by atoms with van der Waals surface area (Å²) in [7, 11) is -4.87. The van der Waals surface area contributed by atoms with Gasteiger partial charge in [0.25, 0.3) is 0 Å². The highest BCUT2D eigenvalue weighted by atomic mass is 28.5. The van der Waals surface area contributed by atoms with Crippen molar-refractivity contribution in [3.05, 3.63) is 0 Å². The van der Waals surface area contributed by atoms with E-state index in [1.165, 1.54) is 18.9 Å². The summed E-state index contributed by atoms with van der Waals surface area (Å²) in [6.45, 7) is 18.0. The predicted molar refractivity (Wildman–Crippen MR) is 85.2 cm³/mol. The molecule has 4 nitrogen and oxygen atoms in total. The van der Waals surface area contributed by atoms with E-state index in [2.05, 4.69) is 52.8 Å². The van der Waals surface area contributed by atoms with E-state index in [0.717, 1.165) is 0 Å². The third kappa shape index (κ3) is 15.9. The van der Waals surface area contributed by atoms with Crippen LogP contribution in [0.15, 0.2) is 0 Å². The van der Waals surface area contributed by atoms with Gasteiger partial charge in [-0.25, -0.2) is 0 Å². The van der Waals surface area contributed by atoms with Crippen molar-refractivity contribution in [3.8, 4) is 0 Å². The second-order valence-electron chi connectivity index (χ2n) is 6.66. The topological polar surface area (TPSA) is 52.6 Å². The lowest BCUT2D eigenvalue weighted by atomic mass is 10.4. The summed E-state index contributed by atoms with van der Waals surface area (Å²) < 4.78 is 12.6. The van der Waals surface area contributed by atoms with Crippen molar-refractivity contribution in [2.24, 2.45) is 0 Å². The predicted octanol–water partition coefficient (Wildman–Crippen LogP) is 3.98. The molecule has 0 spiro atoms. The van der Waals surface area contributed by atoms with Gasteiger partial charge in [-0.1, -0.05) is 19.8 Å². The van der Waals surface area contributed by atoms with Crippen molar-refractivity contribution in [1.29, 1.82) is 0 Å². The van der Waals surface area contributed by atoms with Crippen LogP contribution in [0.4, 0.5) is 0 Å². The van der Waals surface area contributed by atoms with Crippen LogP contribution in [0, 0.1) is 0 Å². The van der Waals surface area contributed by atoms with E-state index in [1.54, 1.807) is 0 Å². The SMILES string of the molecule is CCCC[Si](C)(C)O[Si](C)(C)O[Si](C)(C)C.O=C=O. The monoisotopic (exact) mass is 322 g/mol. The summed E-state index contributed by atoms with van der Waals surface area (Å²) in [6, 6.07) is 1.26. The van der Waals surface area contributed by atoms with E-state index >= 15 is 0 Å². The Balaban J connectivity index is 0. The van der Waals surface area contributed by atoms with Crippen LogP contribution in [-0.2, 0) is 17.8 Å². The third-order valence-electron chi connectivity index (χ3n) is 2.21. The van der Waals surface area contributed by atoms with Crippen LogP contribution in [0.3, 0.4) is 0 Å². The van der Waals surface area contributed by atoms with Crippen LogP contribution in [0.1, 0.15) is 19.8 Å². The number of carbonyl (C=O) groups excluding carboxylic acids is 2. The van der Waals surface area contributed by atoms with E-state index in [1.807, 2.05) is 0 Å². The zero-order valence-corrected chi connectivity index (χ0v) is 16.8. The minimum Gasteiger partial charge on any atom is -0.437 e. The molecule has 0 aliphatic heterocycles. The Hall–Kier alpha value is -0.0494. The van der Waals surface area contributed by atoms with Gasteiger partial charge in [-0.3, -0.25) is 0 Å². The van der Waals surface area contributed by atoms with E-state index in [0.29, 0.717) is 0 Å². The van der Waals surface area contributed by atoms with E-state index < -0.39 is 25.2 Å². The van der Waals surface area contributed by atoms with Gasteiger partial charge in [-0.15, -0.1) is 0 Å². The molecule has 0 aliphatic carbocycles. The normalized spacial score (nSPS) is 12.4. The minimum atomic E-state index is -1.90. The number of hydrogen-bond donors (Lipinski definition) is 0. The lowest BCUT2D eigenvalue weighted by Crippen LogP contribution is -2.51. The second-order valence-corrected chi connectivity index (χ2v) is 19.3. The lowest BCUT2D eigenvalue weighted by Gasteiger charge is -2.37. The fraction of sp³-hybridized carbons (Fsp3) is 0.917. The highest BCUT2D eigenvalue weighted by molar-refractivity contribution is 6.87. The maximum atomic E-state index is 8.12. The van der Waals surface area contributed by atoms with Gasteiger partial charge < -0.3 is 8.23 Å². The van der Waals surface area contributed by atoms with Crippen molar-refractivity contribution >= 4 is 31.3 Å². The van der Waals surface area contributed by atoms with Crippen LogP contribution >= 0.6 is 0 Å². The average molecular weight is 323 g/mol. The van der Waals surface area contributed by atoms with Crippen molar-refractivity contribution < 1.29 is 17.8 Å². The first-order chi connectivity index (χ1) is 8.39. The van der Waals surface area contributed by atoms with Crippen LogP contribution in [0.25, 0.3) is 0 Å². The molecule has 0 rings (SSSR count). The minimum absolute atomic E-state index is 0.250. The molecule has 0 heterocycles. The van der Waals surface area contributed by atoms with E-state index in [4.69, 9.17) is 17.8 Å². The second kappa shape index (κ2) is 8.99. The fourth-order valence-corrected chi connectivity index (χ4v) is 15.5. The smallest absolute Gasteiger partial charge is 0.373 e. The molecule has 0 fully saturated rings. The van der Waals surface area contributed by atoms with Crippen molar-refractivity contribution in [2.45, 2.75) is 71.6 Å². The summed E-state index contributed by atoms with van der Waals surface area (Å²) in [4.78, 5) is 16.2. The molecule has 0 aromatic heterocycles. The molecule has 0 aromatic carbocycles. The Morgan fingerprint density at radius 1 is 0.895 bits per heavy atom. The first kappa shape index (κ1) is 21.3. The van der Waals surface area contributed by atoms with Gasteiger partial charge in [0.05, 0.1) is 0 Å². The van der Waals surface area contributed by atoms with Crippen LogP contribution < -0.4 is 0 Å². The molecule has 0 saturated heterocycles. The molecule has 114 valence electrons. The summed E-state index contributed by atoms with van der Waals surface area (Å²) in [5.41, 5.74) is 0. The molecule has 0 aromatic rings. The van der Waals surface area contributed by atoms with Gasteiger partial charge >= 0.3 is 14.7 Å². The standard InChI is InChI=1S/C11H30O2Si3.CO2/c1-9-10-11-15(5,6)13-16(7,8)12-14(2,3)4;2-1-3/h9-11H2,1-8H3;. The zero-order valence-electron chi connectivity index (χ0n) is 13.8. The third-order valence-corrected chi connectivity index (χ3v) is 12.4. The molecule has 0 radical (unpaired) electrons.